The van der Waals surface area contributed by atoms with Crippen LogP contribution in [0.1, 0.15) is 39.0 Å². The van der Waals surface area contributed by atoms with Crippen molar-refractivity contribution in [1.82, 2.24) is 15.1 Å². The average Bonchev–Trinajstić information content (AvgIpc) is 2.90. The molecule has 0 aromatic carbocycles. The molecule has 2 aliphatic heterocycles. The predicted molar refractivity (Wildman–Crippen MR) is 76.1 cm³/mol. The van der Waals surface area contributed by atoms with Gasteiger partial charge in [-0.1, -0.05) is 12.8 Å². The van der Waals surface area contributed by atoms with Crippen molar-refractivity contribution in [2.24, 2.45) is 5.92 Å². The molecule has 3 aliphatic rings. The summed E-state index contributed by atoms with van der Waals surface area (Å²) in [6.07, 6.45) is 6.13. The van der Waals surface area contributed by atoms with Gasteiger partial charge in [0.05, 0.1) is 6.04 Å². The molecule has 0 spiro atoms. The SMILES string of the molecule is CC(=O)N1CCN(C(=O)C2CC3CCCCC3N2)CC1. The first-order chi connectivity index (χ1) is 9.65. The van der Waals surface area contributed by atoms with Crippen molar-refractivity contribution in [1.29, 1.82) is 0 Å². The summed E-state index contributed by atoms with van der Waals surface area (Å²) in [6.45, 7) is 4.33. The van der Waals surface area contributed by atoms with Gasteiger partial charge in [0, 0.05) is 39.1 Å². The molecule has 5 heteroatoms. The second kappa shape index (κ2) is 5.72. The summed E-state index contributed by atoms with van der Waals surface area (Å²) in [5.41, 5.74) is 0. The third-order valence-electron chi connectivity index (χ3n) is 5.20. The minimum absolute atomic E-state index is 0.0204. The van der Waals surface area contributed by atoms with Crippen LogP contribution in [0.5, 0.6) is 0 Å². The van der Waals surface area contributed by atoms with E-state index in [1.165, 1.54) is 25.7 Å². The zero-order valence-electron chi connectivity index (χ0n) is 12.3. The molecule has 2 amide bonds. The van der Waals surface area contributed by atoms with Crippen molar-refractivity contribution in [2.45, 2.75) is 51.1 Å². The third-order valence-corrected chi connectivity index (χ3v) is 5.20. The molecule has 0 radical (unpaired) electrons. The van der Waals surface area contributed by atoms with E-state index >= 15 is 0 Å². The summed E-state index contributed by atoms with van der Waals surface area (Å²) < 4.78 is 0. The van der Waals surface area contributed by atoms with Crippen molar-refractivity contribution in [3.63, 3.8) is 0 Å². The van der Waals surface area contributed by atoms with E-state index in [1.54, 1.807) is 6.92 Å². The number of fused-ring (bicyclic) bond motifs is 1. The monoisotopic (exact) mass is 279 g/mol. The molecular formula is C15H25N3O2. The smallest absolute Gasteiger partial charge is 0.239 e. The standard InChI is InChI=1S/C15H25N3O2/c1-11(19)17-6-8-18(9-7-17)15(20)14-10-12-4-2-3-5-13(12)16-14/h12-14,16H,2-10H2,1H3. The lowest BCUT2D eigenvalue weighted by atomic mass is 9.85. The molecule has 1 saturated carbocycles. The summed E-state index contributed by atoms with van der Waals surface area (Å²) in [6, 6.07) is 0.586. The van der Waals surface area contributed by atoms with Crippen molar-refractivity contribution in [3.8, 4) is 0 Å². The number of hydrogen-bond donors (Lipinski definition) is 1. The molecular weight excluding hydrogens is 254 g/mol. The molecule has 112 valence electrons. The maximum absolute atomic E-state index is 12.6. The highest BCUT2D eigenvalue weighted by molar-refractivity contribution is 5.83. The van der Waals surface area contributed by atoms with E-state index < -0.39 is 0 Å². The number of nitrogens with zero attached hydrogens (tertiary/aromatic N) is 2. The van der Waals surface area contributed by atoms with Crippen molar-refractivity contribution >= 4 is 11.8 Å². The van der Waals surface area contributed by atoms with Gasteiger partial charge in [0.25, 0.3) is 0 Å². The van der Waals surface area contributed by atoms with E-state index in [0.29, 0.717) is 38.1 Å². The molecule has 0 aromatic heterocycles. The molecule has 2 saturated heterocycles. The van der Waals surface area contributed by atoms with Crippen LogP contribution >= 0.6 is 0 Å². The Hall–Kier alpha value is -1.10. The van der Waals surface area contributed by atoms with E-state index in [2.05, 4.69) is 5.32 Å². The minimum Gasteiger partial charge on any atom is -0.339 e. The second-order valence-electron chi connectivity index (χ2n) is 6.44. The number of amides is 2. The molecule has 3 rings (SSSR count). The average molecular weight is 279 g/mol. The van der Waals surface area contributed by atoms with Crippen LogP contribution in [-0.2, 0) is 9.59 Å². The number of hydrogen-bond acceptors (Lipinski definition) is 3. The quantitative estimate of drug-likeness (QED) is 0.764. The Bertz CT molecular complexity index is 377. The molecule has 20 heavy (non-hydrogen) atoms. The Morgan fingerprint density at radius 1 is 1.00 bits per heavy atom. The number of nitrogens with one attached hydrogen (secondary N) is 1. The van der Waals surface area contributed by atoms with Gasteiger partial charge >= 0.3 is 0 Å². The van der Waals surface area contributed by atoms with E-state index in [9.17, 15) is 9.59 Å². The highest BCUT2D eigenvalue weighted by atomic mass is 16.2. The fraction of sp³-hybridized carbons (Fsp3) is 0.867. The summed E-state index contributed by atoms with van der Waals surface area (Å²) in [5.74, 6) is 1.07. The molecule has 0 aromatic rings. The first-order valence-corrected chi connectivity index (χ1v) is 7.95. The minimum atomic E-state index is 0.0204. The van der Waals surface area contributed by atoms with Crippen molar-refractivity contribution in [3.05, 3.63) is 0 Å². The van der Waals surface area contributed by atoms with Gasteiger partial charge in [0.1, 0.15) is 0 Å². The van der Waals surface area contributed by atoms with Crippen LogP contribution in [0.25, 0.3) is 0 Å². The van der Waals surface area contributed by atoms with Crippen molar-refractivity contribution in [2.75, 3.05) is 26.2 Å². The lowest BCUT2D eigenvalue weighted by Crippen LogP contribution is -2.54. The second-order valence-corrected chi connectivity index (χ2v) is 6.44. The molecule has 5 nitrogen and oxygen atoms in total. The van der Waals surface area contributed by atoms with Gasteiger partial charge in [-0.25, -0.2) is 0 Å². The van der Waals surface area contributed by atoms with Crippen LogP contribution in [0.15, 0.2) is 0 Å². The lowest BCUT2D eigenvalue weighted by Gasteiger charge is -2.35. The normalized spacial score (nSPS) is 34.0. The highest BCUT2D eigenvalue weighted by Crippen LogP contribution is 2.33. The van der Waals surface area contributed by atoms with Gasteiger partial charge in [0.15, 0.2) is 0 Å². The Morgan fingerprint density at radius 2 is 1.65 bits per heavy atom. The zero-order chi connectivity index (χ0) is 14.1. The van der Waals surface area contributed by atoms with Crippen molar-refractivity contribution < 1.29 is 9.59 Å². The molecule has 2 heterocycles. The molecule has 3 unspecified atom stereocenters. The number of piperazine rings is 1. The number of carbonyl (C=O) groups is 2. The van der Waals surface area contributed by atoms with Gasteiger partial charge in [-0.15, -0.1) is 0 Å². The Morgan fingerprint density at radius 3 is 2.30 bits per heavy atom. The van der Waals surface area contributed by atoms with Crippen LogP contribution in [-0.4, -0.2) is 59.9 Å². The van der Waals surface area contributed by atoms with E-state index in [-0.39, 0.29) is 17.9 Å². The van der Waals surface area contributed by atoms with Crippen LogP contribution in [0, 0.1) is 5.92 Å². The number of rotatable bonds is 1. The summed E-state index contributed by atoms with van der Waals surface area (Å²) in [5, 5.41) is 3.55. The fourth-order valence-corrected chi connectivity index (χ4v) is 3.97. The Labute approximate surface area is 120 Å². The molecule has 0 bridgehead atoms. The first-order valence-electron chi connectivity index (χ1n) is 7.95. The summed E-state index contributed by atoms with van der Waals surface area (Å²) in [4.78, 5) is 27.7. The Balaban J connectivity index is 1.54. The predicted octanol–water partition coefficient (Wildman–Crippen LogP) is 0.598. The van der Waals surface area contributed by atoms with E-state index in [4.69, 9.17) is 0 Å². The largest absolute Gasteiger partial charge is 0.339 e. The molecule has 3 fully saturated rings. The van der Waals surface area contributed by atoms with Gasteiger partial charge < -0.3 is 15.1 Å². The topological polar surface area (TPSA) is 52.7 Å². The van der Waals surface area contributed by atoms with Crippen LogP contribution in [0.3, 0.4) is 0 Å². The van der Waals surface area contributed by atoms with Crippen LogP contribution in [0.4, 0.5) is 0 Å². The van der Waals surface area contributed by atoms with E-state index in [1.807, 2.05) is 9.80 Å². The van der Waals surface area contributed by atoms with Crippen LogP contribution < -0.4 is 5.32 Å². The molecule has 3 atom stereocenters. The van der Waals surface area contributed by atoms with Crippen LogP contribution in [0.2, 0.25) is 0 Å². The summed E-state index contributed by atoms with van der Waals surface area (Å²) in [7, 11) is 0. The molecule has 1 aliphatic carbocycles. The lowest BCUT2D eigenvalue weighted by molar-refractivity contribution is -0.139. The van der Waals surface area contributed by atoms with Gasteiger partial charge in [-0.2, -0.15) is 0 Å². The molecule has 1 N–H and O–H groups in total. The van der Waals surface area contributed by atoms with Gasteiger partial charge in [-0.05, 0) is 25.2 Å². The summed E-state index contributed by atoms with van der Waals surface area (Å²) >= 11 is 0. The maximum atomic E-state index is 12.6. The first kappa shape index (κ1) is 13.9. The highest BCUT2D eigenvalue weighted by Gasteiger charge is 2.40. The zero-order valence-corrected chi connectivity index (χ0v) is 12.3. The maximum Gasteiger partial charge on any atom is 0.239 e. The fourth-order valence-electron chi connectivity index (χ4n) is 3.97. The Kier molecular flexibility index (Phi) is 3.96. The van der Waals surface area contributed by atoms with Gasteiger partial charge in [0.2, 0.25) is 11.8 Å². The van der Waals surface area contributed by atoms with E-state index in [0.717, 1.165) is 6.42 Å². The van der Waals surface area contributed by atoms with Gasteiger partial charge in [-0.3, -0.25) is 9.59 Å². The third kappa shape index (κ3) is 2.68. The number of carbonyl (C=O) groups excluding carboxylic acids is 2.